The minimum Gasteiger partial charge on any atom is -0.305 e. The standard InChI is InChI=1S/C19H15N3O5S2/c1-4-9-21-15-8-7-14(29(3,26)27)11-17(15)28-19(21)20-18(23)13-6-5-12(2)16(10-13)22(24)25/h1,5-8,10-11H,9H2,2-3H3. The molecule has 0 unspecified atom stereocenters. The van der Waals surface area contributed by atoms with Crippen LogP contribution < -0.4 is 4.80 Å². The van der Waals surface area contributed by atoms with Gasteiger partial charge in [-0.2, -0.15) is 4.99 Å². The third-order valence-electron chi connectivity index (χ3n) is 4.18. The SMILES string of the molecule is C#CCn1c(=NC(=O)c2ccc(C)c([N+](=O)[O-])c2)sc2cc(S(C)(=O)=O)ccc21. The Morgan fingerprint density at radius 2 is 2.03 bits per heavy atom. The van der Waals surface area contributed by atoms with Crippen molar-refractivity contribution in [1.82, 2.24) is 4.57 Å². The number of amides is 1. The number of carbonyl (C=O) groups excluding carboxylic acids is 1. The lowest BCUT2D eigenvalue weighted by atomic mass is 10.1. The molecule has 0 fully saturated rings. The van der Waals surface area contributed by atoms with Crippen LogP contribution in [0.2, 0.25) is 0 Å². The van der Waals surface area contributed by atoms with Crippen molar-refractivity contribution in [2.24, 2.45) is 4.99 Å². The monoisotopic (exact) mass is 429 g/mol. The largest absolute Gasteiger partial charge is 0.305 e. The van der Waals surface area contributed by atoms with Gasteiger partial charge in [0.2, 0.25) is 0 Å². The number of benzene rings is 2. The molecular weight excluding hydrogens is 414 g/mol. The maximum Gasteiger partial charge on any atom is 0.279 e. The zero-order chi connectivity index (χ0) is 21.3. The van der Waals surface area contributed by atoms with Gasteiger partial charge in [-0.3, -0.25) is 14.9 Å². The molecule has 8 nitrogen and oxygen atoms in total. The number of nitrogens with zero attached hydrogens (tertiary/aromatic N) is 3. The van der Waals surface area contributed by atoms with Crippen LogP contribution in [0.1, 0.15) is 15.9 Å². The number of thiazole rings is 1. The Morgan fingerprint density at radius 3 is 2.66 bits per heavy atom. The number of hydrogen-bond acceptors (Lipinski definition) is 6. The van der Waals surface area contributed by atoms with Crippen molar-refractivity contribution in [3.05, 3.63) is 62.4 Å². The molecule has 29 heavy (non-hydrogen) atoms. The maximum absolute atomic E-state index is 12.6. The van der Waals surface area contributed by atoms with E-state index in [0.717, 1.165) is 17.6 Å². The van der Waals surface area contributed by atoms with Crippen molar-refractivity contribution >= 4 is 43.0 Å². The molecule has 0 saturated heterocycles. The van der Waals surface area contributed by atoms with Gasteiger partial charge in [0, 0.05) is 23.4 Å². The maximum atomic E-state index is 12.6. The number of fused-ring (bicyclic) bond motifs is 1. The summed E-state index contributed by atoms with van der Waals surface area (Å²) in [5.74, 6) is 1.82. The first-order valence-electron chi connectivity index (χ1n) is 8.23. The summed E-state index contributed by atoms with van der Waals surface area (Å²) in [7, 11) is -3.40. The molecule has 0 atom stereocenters. The predicted octanol–water partition coefficient (Wildman–Crippen LogP) is 2.70. The molecule has 0 aliphatic carbocycles. The van der Waals surface area contributed by atoms with Crippen molar-refractivity contribution in [2.45, 2.75) is 18.4 Å². The second-order valence-electron chi connectivity index (χ2n) is 6.25. The van der Waals surface area contributed by atoms with Gasteiger partial charge < -0.3 is 4.57 Å². The number of hydrogen-bond donors (Lipinski definition) is 0. The Labute approximate surface area is 170 Å². The summed E-state index contributed by atoms with van der Waals surface area (Å²) in [4.78, 5) is 27.7. The van der Waals surface area contributed by atoms with Crippen LogP contribution in [0.5, 0.6) is 0 Å². The third-order valence-corrected chi connectivity index (χ3v) is 6.33. The van der Waals surface area contributed by atoms with Gasteiger partial charge in [0.1, 0.15) is 0 Å². The van der Waals surface area contributed by atoms with Crippen LogP contribution in [0.15, 0.2) is 46.3 Å². The van der Waals surface area contributed by atoms with E-state index in [1.54, 1.807) is 17.6 Å². The van der Waals surface area contributed by atoms with Crippen LogP contribution in [0.4, 0.5) is 5.69 Å². The summed E-state index contributed by atoms with van der Waals surface area (Å²) in [5, 5.41) is 11.1. The molecule has 0 aliphatic heterocycles. The second-order valence-corrected chi connectivity index (χ2v) is 9.28. The van der Waals surface area contributed by atoms with E-state index in [-0.39, 0.29) is 27.5 Å². The quantitative estimate of drug-likeness (QED) is 0.360. The second kappa shape index (κ2) is 7.62. The highest BCUT2D eigenvalue weighted by molar-refractivity contribution is 7.90. The van der Waals surface area contributed by atoms with E-state index >= 15 is 0 Å². The number of aryl methyl sites for hydroxylation is 1. The van der Waals surface area contributed by atoms with E-state index in [0.29, 0.717) is 15.8 Å². The number of carbonyl (C=O) groups is 1. The fourth-order valence-corrected chi connectivity index (χ4v) is 4.49. The fourth-order valence-electron chi connectivity index (χ4n) is 2.70. The molecule has 0 bridgehead atoms. The average Bonchev–Trinajstić information content (AvgIpc) is 2.98. The van der Waals surface area contributed by atoms with Crippen LogP contribution in [0.3, 0.4) is 0 Å². The summed E-state index contributed by atoms with van der Waals surface area (Å²) in [6, 6.07) is 8.71. The Hall–Kier alpha value is -3.29. The smallest absolute Gasteiger partial charge is 0.279 e. The molecule has 0 radical (unpaired) electrons. The fraction of sp³-hybridized carbons (Fsp3) is 0.158. The number of nitro benzene ring substituents is 1. The summed E-state index contributed by atoms with van der Waals surface area (Å²) in [5.41, 5.74) is 0.978. The van der Waals surface area contributed by atoms with E-state index in [9.17, 15) is 23.3 Å². The Kier molecular flexibility index (Phi) is 5.37. The van der Waals surface area contributed by atoms with E-state index in [1.807, 2.05) is 0 Å². The van der Waals surface area contributed by atoms with Crippen molar-refractivity contribution in [1.29, 1.82) is 0 Å². The van der Waals surface area contributed by atoms with Gasteiger partial charge in [0.25, 0.3) is 11.6 Å². The number of terminal acetylenes is 1. The Balaban J connectivity index is 2.17. The minimum atomic E-state index is -3.40. The minimum absolute atomic E-state index is 0.0730. The van der Waals surface area contributed by atoms with Crippen LogP contribution in [-0.4, -0.2) is 30.1 Å². The van der Waals surface area contributed by atoms with Gasteiger partial charge in [-0.25, -0.2) is 8.42 Å². The average molecular weight is 429 g/mol. The lowest BCUT2D eigenvalue weighted by Crippen LogP contribution is -2.16. The summed E-state index contributed by atoms with van der Waals surface area (Å²) < 4.78 is 25.8. The van der Waals surface area contributed by atoms with Gasteiger partial charge in [-0.1, -0.05) is 23.3 Å². The molecular formula is C19H15N3O5S2. The van der Waals surface area contributed by atoms with Crippen LogP contribution in [-0.2, 0) is 16.4 Å². The lowest BCUT2D eigenvalue weighted by Gasteiger charge is -2.02. The van der Waals surface area contributed by atoms with Gasteiger partial charge >= 0.3 is 0 Å². The van der Waals surface area contributed by atoms with Gasteiger partial charge in [-0.05, 0) is 31.2 Å². The molecule has 10 heteroatoms. The first-order valence-corrected chi connectivity index (χ1v) is 10.9. The molecule has 148 valence electrons. The molecule has 0 aliphatic rings. The summed E-state index contributed by atoms with van der Waals surface area (Å²) in [6.45, 7) is 1.70. The van der Waals surface area contributed by atoms with Crippen LogP contribution >= 0.6 is 11.3 Å². The van der Waals surface area contributed by atoms with Crippen molar-refractivity contribution in [3.63, 3.8) is 0 Å². The van der Waals surface area contributed by atoms with Crippen molar-refractivity contribution in [2.75, 3.05) is 6.26 Å². The Bertz CT molecular complexity index is 1380. The van der Waals surface area contributed by atoms with E-state index in [4.69, 9.17) is 6.42 Å². The number of aromatic nitrogens is 1. The summed E-state index contributed by atoms with van der Waals surface area (Å²) >= 11 is 1.11. The molecule has 0 saturated carbocycles. The number of rotatable bonds is 4. The highest BCUT2D eigenvalue weighted by Gasteiger charge is 2.16. The van der Waals surface area contributed by atoms with Crippen molar-refractivity contribution in [3.8, 4) is 12.3 Å². The third kappa shape index (κ3) is 4.11. The highest BCUT2D eigenvalue weighted by Crippen LogP contribution is 2.23. The van der Waals surface area contributed by atoms with Gasteiger partial charge in [0.05, 0.1) is 26.6 Å². The zero-order valence-corrected chi connectivity index (χ0v) is 17.1. The molecule has 2 aromatic carbocycles. The zero-order valence-electron chi connectivity index (χ0n) is 15.4. The predicted molar refractivity (Wildman–Crippen MR) is 109 cm³/mol. The Morgan fingerprint density at radius 1 is 1.31 bits per heavy atom. The first kappa shape index (κ1) is 20.4. The van der Waals surface area contributed by atoms with E-state index in [1.165, 1.54) is 30.3 Å². The lowest BCUT2D eigenvalue weighted by molar-refractivity contribution is -0.385. The van der Waals surface area contributed by atoms with Gasteiger partial charge in [-0.15, -0.1) is 6.42 Å². The molecule has 0 spiro atoms. The number of nitro groups is 1. The first-order chi connectivity index (χ1) is 13.6. The van der Waals surface area contributed by atoms with Gasteiger partial charge in [0.15, 0.2) is 14.6 Å². The van der Waals surface area contributed by atoms with Crippen LogP contribution in [0.25, 0.3) is 10.2 Å². The molecule has 1 heterocycles. The molecule has 3 rings (SSSR count). The molecule has 1 aromatic heterocycles. The van der Waals surface area contributed by atoms with E-state index in [2.05, 4.69) is 10.9 Å². The topological polar surface area (TPSA) is 112 Å². The van der Waals surface area contributed by atoms with Crippen LogP contribution in [0, 0.1) is 29.4 Å². The normalized spacial score (nSPS) is 12.1. The molecule has 0 N–H and O–H groups in total. The summed E-state index contributed by atoms with van der Waals surface area (Å²) in [6.07, 6.45) is 6.53. The number of sulfone groups is 1. The molecule has 1 amide bonds. The van der Waals surface area contributed by atoms with E-state index < -0.39 is 20.7 Å². The highest BCUT2D eigenvalue weighted by atomic mass is 32.2. The van der Waals surface area contributed by atoms with Crippen molar-refractivity contribution < 1.29 is 18.1 Å². The molecule has 3 aromatic rings.